The molecule has 0 radical (unpaired) electrons. The van der Waals surface area contributed by atoms with Gasteiger partial charge in [-0.1, -0.05) is 30.3 Å². The van der Waals surface area contributed by atoms with Gasteiger partial charge in [0.15, 0.2) is 5.76 Å². The molecule has 6 heteroatoms. The minimum Gasteiger partial charge on any atom is -0.506 e. The van der Waals surface area contributed by atoms with Crippen LogP contribution < -0.4 is 5.32 Å². The average Bonchev–Trinajstić information content (AvgIpc) is 3.21. The Morgan fingerprint density at radius 3 is 2.55 bits per heavy atom. The van der Waals surface area contributed by atoms with Crippen LogP contribution in [0.3, 0.4) is 0 Å². The Bertz CT molecular complexity index is 1200. The maximum absolute atomic E-state index is 14.0. The molecule has 0 saturated heterocycles. The van der Waals surface area contributed by atoms with Crippen LogP contribution in [0.15, 0.2) is 77.3 Å². The van der Waals surface area contributed by atoms with Gasteiger partial charge in [0.05, 0.1) is 23.0 Å². The number of rotatable bonds is 4. The normalized spacial score (nSPS) is 10.7. The molecule has 0 atom stereocenters. The number of hydrogen-bond acceptors (Lipinski definition) is 4. The molecule has 1 amide bonds. The third kappa shape index (κ3) is 3.73. The lowest BCUT2D eigenvalue weighted by Crippen LogP contribution is -2.13. The number of oxazole rings is 1. The fraction of sp³-hybridized carbons (Fsp3) is 0.0435. The van der Waals surface area contributed by atoms with Crippen molar-refractivity contribution < 1.29 is 18.7 Å². The van der Waals surface area contributed by atoms with Gasteiger partial charge in [-0.05, 0) is 48.9 Å². The van der Waals surface area contributed by atoms with Crippen LogP contribution in [0.4, 0.5) is 10.1 Å². The van der Waals surface area contributed by atoms with E-state index in [1.165, 1.54) is 18.3 Å². The number of aromatic nitrogens is 1. The van der Waals surface area contributed by atoms with E-state index in [-0.39, 0.29) is 23.0 Å². The molecule has 0 aliphatic rings. The van der Waals surface area contributed by atoms with Gasteiger partial charge in [-0.25, -0.2) is 9.37 Å². The van der Waals surface area contributed by atoms with Crippen LogP contribution in [0.2, 0.25) is 0 Å². The molecule has 0 aliphatic carbocycles. The molecule has 5 nitrogen and oxygen atoms in total. The van der Waals surface area contributed by atoms with Crippen molar-refractivity contribution >= 4 is 11.6 Å². The lowest BCUT2D eigenvalue weighted by atomic mass is 10.1. The molecule has 0 bridgehead atoms. The van der Waals surface area contributed by atoms with Crippen LogP contribution in [0.25, 0.3) is 22.8 Å². The topological polar surface area (TPSA) is 75.4 Å². The molecular formula is C23H17FN2O3. The number of carbonyl (C=O) groups is 1. The van der Waals surface area contributed by atoms with E-state index in [9.17, 15) is 14.3 Å². The van der Waals surface area contributed by atoms with Gasteiger partial charge in [-0.3, -0.25) is 4.79 Å². The second-order valence-corrected chi connectivity index (χ2v) is 6.53. The zero-order chi connectivity index (χ0) is 20.4. The second kappa shape index (κ2) is 7.59. The summed E-state index contributed by atoms with van der Waals surface area (Å²) in [7, 11) is 0. The maximum Gasteiger partial charge on any atom is 0.256 e. The number of anilines is 1. The summed E-state index contributed by atoms with van der Waals surface area (Å²) in [5.74, 6) is -0.408. The van der Waals surface area contributed by atoms with Gasteiger partial charge in [0.1, 0.15) is 11.6 Å². The molecule has 4 rings (SSSR count). The van der Waals surface area contributed by atoms with Gasteiger partial charge in [0, 0.05) is 5.56 Å². The number of nitrogens with zero attached hydrogens (tertiary/aromatic N) is 1. The Labute approximate surface area is 166 Å². The molecule has 144 valence electrons. The molecule has 29 heavy (non-hydrogen) atoms. The summed E-state index contributed by atoms with van der Waals surface area (Å²) in [6.07, 6.45) is 1.43. The molecule has 1 heterocycles. The van der Waals surface area contributed by atoms with Gasteiger partial charge in [0.2, 0.25) is 5.89 Å². The van der Waals surface area contributed by atoms with E-state index in [1.54, 1.807) is 54.6 Å². The first-order valence-electron chi connectivity index (χ1n) is 8.94. The number of aromatic hydroxyl groups is 1. The van der Waals surface area contributed by atoms with Gasteiger partial charge < -0.3 is 14.8 Å². The highest BCUT2D eigenvalue weighted by Gasteiger charge is 2.18. The van der Waals surface area contributed by atoms with Crippen LogP contribution in [-0.2, 0) is 0 Å². The summed E-state index contributed by atoms with van der Waals surface area (Å²) < 4.78 is 19.8. The van der Waals surface area contributed by atoms with E-state index in [0.717, 1.165) is 5.56 Å². The van der Waals surface area contributed by atoms with Crippen LogP contribution >= 0.6 is 0 Å². The van der Waals surface area contributed by atoms with E-state index >= 15 is 0 Å². The molecular weight excluding hydrogens is 371 g/mol. The Balaban J connectivity index is 1.68. The first-order valence-corrected chi connectivity index (χ1v) is 8.94. The molecule has 2 N–H and O–H groups in total. The Kier molecular flexibility index (Phi) is 4.83. The minimum absolute atomic E-state index is 0.0283. The molecule has 0 aliphatic heterocycles. The Morgan fingerprint density at radius 1 is 1.03 bits per heavy atom. The van der Waals surface area contributed by atoms with Gasteiger partial charge in [-0.2, -0.15) is 0 Å². The van der Waals surface area contributed by atoms with Gasteiger partial charge in [0.25, 0.3) is 5.91 Å². The number of carbonyl (C=O) groups excluding carboxylic acids is 1. The number of amides is 1. The second-order valence-electron chi connectivity index (χ2n) is 6.53. The summed E-state index contributed by atoms with van der Waals surface area (Å²) in [5, 5.41) is 12.7. The molecule has 3 aromatic carbocycles. The Hall–Kier alpha value is -3.93. The maximum atomic E-state index is 14.0. The molecule has 0 fully saturated rings. The number of phenolic OH excluding ortho intramolecular Hbond substituents is 1. The predicted molar refractivity (Wildman–Crippen MR) is 108 cm³/mol. The highest BCUT2D eigenvalue weighted by Crippen LogP contribution is 2.31. The van der Waals surface area contributed by atoms with Gasteiger partial charge in [-0.15, -0.1) is 0 Å². The van der Waals surface area contributed by atoms with Crippen molar-refractivity contribution in [1.82, 2.24) is 4.98 Å². The van der Waals surface area contributed by atoms with Crippen molar-refractivity contribution in [2.24, 2.45) is 0 Å². The average molecular weight is 388 g/mol. The molecule has 0 unspecified atom stereocenters. The largest absolute Gasteiger partial charge is 0.506 e. The van der Waals surface area contributed by atoms with Crippen molar-refractivity contribution in [1.29, 1.82) is 0 Å². The number of benzene rings is 3. The quantitative estimate of drug-likeness (QED) is 0.458. The molecule has 0 spiro atoms. The monoisotopic (exact) mass is 388 g/mol. The lowest BCUT2D eigenvalue weighted by Gasteiger charge is -2.10. The zero-order valence-corrected chi connectivity index (χ0v) is 15.5. The fourth-order valence-corrected chi connectivity index (χ4v) is 2.99. The van der Waals surface area contributed by atoms with E-state index < -0.39 is 11.7 Å². The van der Waals surface area contributed by atoms with E-state index in [1.807, 2.05) is 6.92 Å². The van der Waals surface area contributed by atoms with Crippen LogP contribution in [-0.4, -0.2) is 16.0 Å². The van der Waals surface area contributed by atoms with Gasteiger partial charge >= 0.3 is 0 Å². The fourth-order valence-electron chi connectivity index (χ4n) is 2.99. The molecule has 1 aromatic heterocycles. The van der Waals surface area contributed by atoms with E-state index in [2.05, 4.69) is 10.3 Å². The third-order valence-corrected chi connectivity index (χ3v) is 4.45. The summed E-state index contributed by atoms with van der Waals surface area (Å²) in [5.41, 5.74) is 2.27. The number of nitrogens with one attached hydrogen (secondary N) is 1. The molecule has 0 saturated carbocycles. The summed E-state index contributed by atoms with van der Waals surface area (Å²) in [6, 6.07) is 18.0. The summed E-state index contributed by atoms with van der Waals surface area (Å²) >= 11 is 0. The molecule has 4 aromatic rings. The van der Waals surface area contributed by atoms with Crippen molar-refractivity contribution in [3.8, 4) is 28.5 Å². The minimum atomic E-state index is -0.424. The number of hydrogen-bond donors (Lipinski definition) is 2. The number of aryl methyl sites for hydroxylation is 1. The summed E-state index contributed by atoms with van der Waals surface area (Å²) in [6.45, 7) is 1.86. The SMILES string of the molecule is Cc1ccc(O)c(NC(=O)c2ccccc2-c2ncc(-c3ccccc3F)o2)c1. The number of phenols is 1. The third-order valence-electron chi connectivity index (χ3n) is 4.45. The summed E-state index contributed by atoms with van der Waals surface area (Å²) in [4.78, 5) is 17.1. The van der Waals surface area contributed by atoms with Crippen LogP contribution in [0, 0.1) is 12.7 Å². The van der Waals surface area contributed by atoms with Crippen molar-refractivity contribution in [2.75, 3.05) is 5.32 Å². The predicted octanol–water partition coefficient (Wildman–Crippen LogP) is 5.41. The van der Waals surface area contributed by atoms with Crippen molar-refractivity contribution in [3.63, 3.8) is 0 Å². The van der Waals surface area contributed by atoms with E-state index in [4.69, 9.17) is 4.42 Å². The van der Waals surface area contributed by atoms with Crippen LogP contribution in [0.1, 0.15) is 15.9 Å². The standard InChI is InChI=1S/C23H17FN2O3/c1-14-10-11-20(27)19(12-14)26-22(28)15-6-2-3-7-16(15)23-25-13-21(29-23)17-8-4-5-9-18(17)24/h2-13,27H,1H3,(H,26,28). The zero-order valence-electron chi connectivity index (χ0n) is 15.5. The van der Waals surface area contributed by atoms with Crippen molar-refractivity contribution in [2.45, 2.75) is 6.92 Å². The first kappa shape index (κ1) is 18.4. The lowest BCUT2D eigenvalue weighted by molar-refractivity contribution is 0.102. The highest BCUT2D eigenvalue weighted by atomic mass is 19.1. The van der Waals surface area contributed by atoms with E-state index in [0.29, 0.717) is 16.8 Å². The van der Waals surface area contributed by atoms with Crippen molar-refractivity contribution in [3.05, 3.63) is 89.9 Å². The smallest absolute Gasteiger partial charge is 0.256 e. The van der Waals surface area contributed by atoms with Crippen LogP contribution in [0.5, 0.6) is 5.75 Å². The first-order chi connectivity index (χ1) is 14.0. The Morgan fingerprint density at radius 2 is 1.76 bits per heavy atom. The highest BCUT2D eigenvalue weighted by molar-refractivity contribution is 6.08. The number of halogens is 1.